The quantitative estimate of drug-likeness (QED) is 0.0245. The van der Waals surface area contributed by atoms with Crippen LogP contribution in [0, 0.1) is 11.3 Å². The van der Waals surface area contributed by atoms with E-state index >= 15 is 0 Å². The molecule has 3 rings (SSSR count). The third-order valence-corrected chi connectivity index (χ3v) is 14.1. The highest BCUT2D eigenvalue weighted by molar-refractivity contribution is 5.90. The number of rotatable bonds is 46. The third kappa shape index (κ3) is 26.5. The summed E-state index contributed by atoms with van der Waals surface area (Å²) >= 11 is 0. The fourth-order valence-electron chi connectivity index (χ4n) is 9.18. The van der Waals surface area contributed by atoms with Crippen molar-refractivity contribution in [3.63, 3.8) is 0 Å². The number of aliphatic hydroxyl groups excluding tert-OH is 1. The Morgan fingerprint density at radius 2 is 0.915 bits per heavy atom. The predicted molar refractivity (Wildman–Crippen MR) is 326 cm³/mol. The second-order valence-corrected chi connectivity index (χ2v) is 21.7. The van der Waals surface area contributed by atoms with Gasteiger partial charge in [-0.2, -0.15) is 0 Å². The van der Waals surface area contributed by atoms with Crippen molar-refractivity contribution in [2.75, 3.05) is 46.8 Å². The lowest BCUT2D eigenvalue weighted by Crippen LogP contribution is -2.33. The molecule has 0 radical (unpaired) electrons. The van der Waals surface area contributed by atoms with Crippen molar-refractivity contribution in [3.05, 3.63) is 77.4 Å². The maximum atomic E-state index is 14.1. The number of ether oxygens (including phenoxy) is 9. The molecule has 0 saturated carbocycles. The second-order valence-electron chi connectivity index (χ2n) is 21.7. The number of hydrogen-bond donors (Lipinski definition) is 1. The largest absolute Gasteiger partial charge is 0.490 e. The summed E-state index contributed by atoms with van der Waals surface area (Å²) in [5.41, 5.74) is 0.737. The number of carbonyl (C=O) groups is 4. The number of hydrogen-bond acceptors (Lipinski definition) is 14. The summed E-state index contributed by atoms with van der Waals surface area (Å²) in [6.45, 7) is 18.4. The molecule has 1 N–H and O–H groups in total. The number of carbonyl (C=O) groups excluding carboxylic acids is 4. The average molecular weight is 1140 g/mol. The van der Waals surface area contributed by atoms with Crippen molar-refractivity contribution < 1.29 is 66.9 Å². The molecule has 2 unspecified atom stereocenters. The van der Waals surface area contributed by atoms with Crippen LogP contribution in [0.2, 0.25) is 0 Å². The van der Waals surface area contributed by atoms with Crippen molar-refractivity contribution in [3.8, 4) is 40.2 Å². The van der Waals surface area contributed by atoms with Gasteiger partial charge in [-0.3, -0.25) is 9.59 Å². The fraction of sp³-hybridized carbons (Fsp3) is 0.618. The number of aliphatic hydroxyl groups is 1. The summed E-state index contributed by atoms with van der Waals surface area (Å²) in [4.78, 5) is 53.5. The summed E-state index contributed by atoms with van der Waals surface area (Å²) in [6.07, 6.45) is 26.8. The van der Waals surface area contributed by atoms with Crippen LogP contribution in [0.1, 0.15) is 232 Å². The summed E-state index contributed by atoms with van der Waals surface area (Å²) < 4.78 is 55.1. The van der Waals surface area contributed by atoms with E-state index in [1.54, 1.807) is 56.3 Å². The van der Waals surface area contributed by atoms with Crippen LogP contribution in [-0.2, 0) is 28.7 Å². The van der Waals surface area contributed by atoms with Gasteiger partial charge in [0.15, 0.2) is 23.0 Å². The molecule has 14 nitrogen and oxygen atoms in total. The van der Waals surface area contributed by atoms with Gasteiger partial charge in [0.05, 0.1) is 51.5 Å². The zero-order chi connectivity index (χ0) is 59.8. The minimum Gasteiger partial charge on any atom is -0.490 e. The lowest BCUT2D eigenvalue weighted by Gasteiger charge is -2.30. The molecular weight excluding hydrogens is 1040 g/mol. The molecule has 0 aliphatic rings. The van der Waals surface area contributed by atoms with Crippen molar-refractivity contribution in [1.82, 2.24) is 0 Å². The highest BCUT2D eigenvalue weighted by Crippen LogP contribution is 2.44. The Kier molecular flexibility index (Phi) is 35.9. The van der Waals surface area contributed by atoms with Gasteiger partial charge in [0.1, 0.15) is 17.6 Å². The summed E-state index contributed by atoms with van der Waals surface area (Å²) in [7, 11) is 1.34. The molecule has 0 aliphatic carbocycles. The molecule has 3 aromatic carbocycles. The lowest BCUT2D eigenvalue weighted by atomic mass is 9.81. The van der Waals surface area contributed by atoms with E-state index in [1.165, 1.54) is 19.3 Å². The molecule has 0 bridgehead atoms. The fourth-order valence-corrected chi connectivity index (χ4v) is 9.18. The van der Waals surface area contributed by atoms with Crippen LogP contribution in [0.25, 0.3) is 12.2 Å². The van der Waals surface area contributed by atoms with Crippen LogP contribution in [0.5, 0.6) is 40.2 Å². The summed E-state index contributed by atoms with van der Waals surface area (Å²) in [6, 6.07) is 13.6. The van der Waals surface area contributed by atoms with Crippen molar-refractivity contribution in [2.24, 2.45) is 11.3 Å². The SMILES string of the molecule is CCCCCCOc1ccc(C=CC(=O)Oc2ccc(OC(=O)C=Cc3ccc(C(CCCO)OC(=O)C(C)(C)CC(CC)C(=O)OC)c(OCCCCCC)c3OCCCCCC)cc2)c(OCCCCCC)c1OCCCCCC. The molecule has 2 atom stereocenters. The molecular formula is C68H102O14. The van der Waals surface area contributed by atoms with Crippen LogP contribution in [0.4, 0.5) is 0 Å². The molecule has 0 aromatic heterocycles. The molecule has 3 aromatic rings. The van der Waals surface area contributed by atoms with Crippen molar-refractivity contribution in [1.29, 1.82) is 0 Å². The van der Waals surface area contributed by atoms with E-state index in [9.17, 15) is 24.3 Å². The monoisotopic (exact) mass is 1140 g/mol. The highest BCUT2D eigenvalue weighted by Gasteiger charge is 2.37. The molecule has 82 heavy (non-hydrogen) atoms. The standard InChI is InChI=1S/C68H102O14/c1-10-16-21-26-46-75-59-42-34-54(63(77-48-28-23-18-12-3)65(59)79-50-30-25-20-14-5)36-44-61(71)81-56-39-37-55(38-40-56)80-60(70)43-35-53-33-41-57(64(78-49-29-24-19-13-4)62(53)76-47-27-22-17-11-2)58(32-31-45-69)82-67(73)68(7,8)51-52(15-6)66(72)74-9/h33-44,52,58,69H,10-32,45-51H2,1-9H3. The smallest absolute Gasteiger partial charge is 0.336 e. The number of unbranched alkanes of at least 4 members (excludes halogenated alkanes) is 15. The van der Waals surface area contributed by atoms with Gasteiger partial charge >= 0.3 is 23.9 Å². The number of esters is 4. The molecule has 0 heterocycles. The van der Waals surface area contributed by atoms with Crippen LogP contribution in [0.3, 0.4) is 0 Å². The first-order valence-corrected chi connectivity index (χ1v) is 31.1. The van der Waals surface area contributed by atoms with Gasteiger partial charge in [0, 0.05) is 35.4 Å². The molecule has 0 amide bonds. The van der Waals surface area contributed by atoms with E-state index in [4.69, 9.17) is 42.6 Å². The number of benzene rings is 3. The first kappa shape index (κ1) is 70.2. The molecule has 458 valence electrons. The van der Waals surface area contributed by atoms with Crippen molar-refractivity contribution in [2.45, 2.75) is 216 Å². The van der Waals surface area contributed by atoms with Crippen LogP contribution < -0.4 is 33.2 Å². The highest BCUT2D eigenvalue weighted by atomic mass is 16.6. The van der Waals surface area contributed by atoms with Gasteiger partial charge in [-0.25, -0.2) is 9.59 Å². The van der Waals surface area contributed by atoms with Gasteiger partial charge in [-0.1, -0.05) is 150 Å². The van der Waals surface area contributed by atoms with Gasteiger partial charge < -0.3 is 47.7 Å². The van der Waals surface area contributed by atoms with E-state index in [2.05, 4.69) is 34.6 Å². The first-order valence-electron chi connectivity index (χ1n) is 31.1. The predicted octanol–water partition coefficient (Wildman–Crippen LogP) is 16.7. The van der Waals surface area contributed by atoms with E-state index in [1.807, 2.05) is 25.1 Å². The van der Waals surface area contributed by atoms with E-state index in [-0.39, 0.29) is 30.5 Å². The van der Waals surface area contributed by atoms with Gasteiger partial charge in [-0.05, 0) is 120 Å². The topological polar surface area (TPSA) is 172 Å². The van der Waals surface area contributed by atoms with Gasteiger partial charge in [-0.15, -0.1) is 0 Å². The van der Waals surface area contributed by atoms with Crippen LogP contribution >= 0.6 is 0 Å². The third-order valence-electron chi connectivity index (χ3n) is 14.1. The second kappa shape index (κ2) is 41.9. The Bertz CT molecular complexity index is 2340. The normalized spacial score (nSPS) is 12.3. The molecule has 14 heteroatoms. The Labute approximate surface area is 492 Å². The Hall–Kier alpha value is -6.02. The minimum absolute atomic E-state index is 0.127. The van der Waals surface area contributed by atoms with Gasteiger partial charge in [0.2, 0.25) is 5.75 Å². The van der Waals surface area contributed by atoms with Gasteiger partial charge in [0.25, 0.3) is 0 Å². The van der Waals surface area contributed by atoms with Crippen LogP contribution in [-0.4, -0.2) is 75.7 Å². The zero-order valence-electron chi connectivity index (χ0n) is 51.6. The van der Waals surface area contributed by atoms with E-state index < -0.39 is 35.3 Å². The summed E-state index contributed by atoms with van der Waals surface area (Å²) in [5.74, 6) is 0.339. The maximum Gasteiger partial charge on any atom is 0.336 e. The Morgan fingerprint density at radius 3 is 1.34 bits per heavy atom. The first-order chi connectivity index (χ1) is 39.8. The van der Waals surface area contributed by atoms with E-state index in [0.717, 1.165) is 128 Å². The lowest BCUT2D eigenvalue weighted by molar-refractivity contribution is -0.163. The average Bonchev–Trinajstić information content (AvgIpc) is 3.68. The van der Waals surface area contributed by atoms with E-state index in [0.29, 0.717) is 97.7 Å². The Balaban J connectivity index is 1.91. The van der Waals surface area contributed by atoms with Crippen LogP contribution in [0.15, 0.2) is 60.7 Å². The Morgan fingerprint density at radius 1 is 0.500 bits per heavy atom. The molecule has 0 saturated heterocycles. The number of methoxy groups -OCH3 is 1. The molecule has 0 fully saturated rings. The van der Waals surface area contributed by atoms with Crippen molar-refractivity contribution >= 4 is 36.0 Å². The molecule has 0 aliphatic heterocycles. The molecule has 0 spiro atoms. The maximum absolute atomic E-state index is 14.1. The minimum atomic E-state index is -1.05. The summed E-state index contributed by atoms with van der Waals surface area (Å²) in [5, 5.41) is 10.00. The zero-order valence-corrected chi connectivity index (χ0v) is 51.6.